The zero-order chi connectivity index (χ0) is 18.5. The van der Waals surface area contributed by atoms with Crippen molar-refractivity contribution in [2.45, 2.75) is 6.42 Å². The van der Waals surface area contributed by atoms with Crippen molar-refractivity contribution < 1.29 is 23.2 Å². The maximum Gasteiger partial charge on any atom is 0.337 e. The van der Waals surface area contributed by atoms with Crippen molar-refractivity contribution in [3.05, 3.63) is 71.7 Å². The number of benzene rings is 2. The Labute approximate surface area is 148 Å². The lowest BCUT2D eigenvalue weighted by molar-refractivity contribution is -0.115. The number of amides is 1. The summed E-state index contributed by atoms with van der Waals surface area (Å²) in [5.41, 5.74) is 1.58. The molecule has 3 aromatic rings. The first-order valence-corrected chi connectivity index (χ1v) is 7.75. The maximum atomic E-state index is 13.7. The summed E-state index contributed by atoms with van der Waals surface area (Å²) in [5, 5.41) is 6.49. The minimum atomic E-state index is -0.453. The largest absolute Gasteiger partial charge is 0.465 e. The number of hydrogen-bond acceptors (Lipinski definition) is 5. The zero-order valence-electron chi connectivity index (χ0n) is 13.9. The normalized spacial score (nSPS) is 10.4. The van der Waals surface area contributed by atoms with E-state index in [1.54, 1.807) is 42.5 Å². The molecule has 0 bridgehead atoms. The lowest BCUT2D eigenvalue weighted by Gasteiger charge is -2.04. The molecule has 0 aliphatic heterocycles. The van der Waals surface area contributed by atoms with Crippen molar-refractivity contribution in [2.75, 3.05) is 12.4 Å². The summed E-state index contributed by atoms with van der Waals surface area (Å²) < 4.78 is 23.5. The van der Waals surface area contributed by atoms with Crippen molar-refractivity contribution in [3.63, 3.8) is 0 Å². The van der Waals surface area contributed by atoms with E-state index >= 15 is 0 Å². The van der Waals surface area contributed by atoms with E-state index in [-0.39, 0.29) is 23.7 Å². The Morgan fingerprint density at radius 2 is 1.88 bits per heavy atom. The molecule has 1 aromatic heterocycles. The predicted molar refractivity (Wildman–Crippen MR) is 92.0 cm³/mol. The van der Waals surface area contributed by atoms with Crippen LogP contribution in [-0.2, 0) is 16.0 Å². The van der Waals surface area contributed by atoms with Crippen LogP contribution in [-0.4, -0.2) is 24.1 Å². The lowest BCUT2D eigenvalue weighted by Crippen LogP contribution is -2.14. The summed E-state index contributed by atoms with van der Waals surface area (Å²) in [5.74, 6) is -0.936. The van der Waals surface area contributed by atoms with E-state index in [9.17, 15) is 14.0 Å². The molecule has 0 fully saturated rings. The Hall–Kier alpha value is -3.48. The summed E-state index contributed by atoms with van der Waals surface area (Å²) in [6, 6.07) is 14.0. The summed E-state index contributed by atoms with van der Waals surface area (Å²) >= 11 is 0. The van der Waals surface area contributed by atoms with Gasteiger partial charge in [-0.15, -0.1) is 0 Å². The molecule has 1 N–H and O–H groups in total. The van der Waals surface area contributed by atoms with Crippen molar-refractivity contribution in [1.29, 1.82) is 0 Å². The number of methoxy groups -OCH3 is 1. The second-order valence-corrected chi connectivity index (χ2v) is 5.46. The van der Waals surface area contributed by atoms with E-state index in [2.05, 4.69) is 15.2 Å². The van der Waals surface area contributed by atoms with Gasteiger partial charge in [0.25, 0.3) is 0 Å². The second-order valence-electron chi connectivity index (χ2n) is 5.46. The van der Waals surface area contributed by atoms with Crippen molar-refractivity contribution in [1.82, 2.24) is 5.16 Å². The Morgan fingerprint density at radius 1 is 1.15 bits per heavy atom. The zero-order valence-corrected chi connectivity index (χ0v) is 13.9. The standard InChI is InChI=1S/C19H15FN2O4/c1-25-19(24)12-6-8-13(9-7-12)21-18(23)11-14-10-17(26-22-14)15-4-2-3-5-16(15)20/h2-10H,11H2,1H3,(H,21,23). The van der Waals surface area contributed by atoms with Gasteiger partial charge in [-0.25, -0.2) is 9.18 Å². The van der Waals surface area contributed by atoms with E-state index < -0.39 is 11.8 Å². The van der Waals surface area contributed by atoms with E-state index in [1.165, 1.54) is 19.2 Å². The number of hydrogen-bond donors (Lipinski definition) is 1. The smallest absolute Gasteiger partial charge is 0.337 e. The highest BCUT2D eigenvalue weighted by molar-refractivity contribution is 5.93. The van der Waals surface area contributed by atoms with Crippen LogP contribution in [0.25, 0.3) is 11.3 Å². The Morgan fingerprint density at radius 3 is 2.58 bits per heavy atom. The van der Waals surface area contributed by atoms with E-state index in [0.29, 0.717) is 16.9 Å². The van der Waals surface area contributed by atoms with Gasteiger partial charge >= 0.3 is 5.97 Å². The summed E-state index contributed by atoms with van der Waals surface area (Å²) in [4.78, 5) is 23.5. The van der Waals surface area contributed by atoms with Gasteiger partial charge in [-0.05, 0) is 36.4 Å². The monoisotopic (exact) mass is 354 g/mol. The molecule has 3 rings (SSSR count). The SMILES string of the molecule is COC(=O)c1ccc(NC(=O)Cc2cc(-c3ccccc3F)on2)cc1. The molecule has 0 unspecified atom stereocenters. The number of ether oxygens (including phenoxy) is 1. The molecule has 0 aliphatic carbocycles. The molecule has 7 heteroatoms. The average molecular weight is 354 g/mol. The molecule has 0 spiro atoms. The molecule has 2 aromatic carbocycles. The third-order valence-electron chi connectivity index (χ3n) is 3.63. The Bertz CT molecular complexity index is 935. The second kappa shape index (κ2) is 7.60. The molecular weight excluding hydrogens is 339 g/mol. The highest BCUT2D eigenvalue weighted by Gasteiger charge is 2.13. The van der Waals surface area contributed by atoms with Gasteiger partial charge in [0, 0.05) is 11.8 Å². The van der Waals surface area contributed by atoms with Crippen molar-refractivity contribution >= 4 is 17.6 Å². The molecule has 0 atom stereocenters. The number of nitrogens with zero attached hydrogens (tertiary/aromatic N) is 1. The van der Waals surface area contributed by atoms with Gasteiger partial charge in [0.1, 0.15) is 5.82 Å². The number of halogens is 1. The molecule has 0 radical (unpaired) electrons. The van der Waals surface area contributed by atoms with Crippen LogP contribution < -0.4 is 5.32 Å². The number of esters is 1. The first-order chi connectivity index (χ1) is 12.6. The van der Waals surface area contributed by atoms with Crippen LogP contribution >= 0.6 is 0 Å². The first kappa shape index (κ1) is 17.3. The van der Waals surface area contributed by atoms with Gasteiger partial charge in [-0.1, -0.05) is 17.3 Å². The number of carbonyl (C=O) groups is 2. The van der Waals surface area contributed by atoms with Crippen LogP contribution in [0.2, 0.25) is 0 Å². The van der Waals surface area contributed by atoms with Gasteiger partial charge in [0.15, 0.2) is 5.76 Å². The van der Waals surface area contributed by atoms with Crippen molar-refractivity contribution in [3.8, 4) is 11.3 Å². The number of nitrogens with one attached hydrogen (secondary N) is 1. The van der Waals surface area contributed by atoms with Crippen LogP contribution in [0.1, 0.15) is 16.1 Å². The van der Waals surface area contributed by atoms with Gasteiger partial charge in [-0.2, -0.15) is 0 Å². The predicted octanol–water partition coefficient (Wildman–Crippen LogP) is 3.45. The quantitative estimate of drug-likeness (QED) is 0.710. The third-order valence-corrected chi connectivity index (χ3v) is 3.63. The van der Waals surface area contributed by atoms with E-state index in [0.717, 1.165) is 0 Å². The van der Waals surface area contributed by atoms with Gasteiger partial charge in [0.05, 0.1) is 30.4 Å². The number of rotatable bonds is 5. The number of aromatic nitrogens is 1. The fourth-order valence-corrected chi connectivity index (χ4v) is 2.36. The Balaban J connectivity index is 1.64. The first-order valence-electron chi connectivity index (χ1n) is 7.75. The molecule has 0 aliphatic rings. The van der Waals surface area contributed by atoms with Crippen LogP contribution in [0.5, 0.6) is 0 Å². The third kappa shape index (κ3) is 3.94. The summed E-state index contributed by atoms with van der Waals surface area (Å²) in [7, 11) is 1.30. The van der Waals surface area contributed by atoms with E-state index in [4.69, 9.17) is 4.52 Å². The topological polar surface area (TPSA) is 81.4 Å². The maximum absolute atomic E-state index is 13.7. The molecule has 26 heavy (non-hydrogen) atoms. The average Bonchev–Trinajstić information content (AvgIpc) is 3.10. The van der Waals surface area contributed by atoms with Crippen LogP contribution in [0, 0.1) is 5.82 Å². The van der Waals surface area contributed by atoms with Crippen LogP contribution in [0.3, 0.4) is 0 Å². The molecule has 0 saturated carbocycles. The van der Waals surface area contributed by atoms with Gasteiger partial charge in [-0.3, -0.25) is 4.79 Å². The molecule has 1 heterocycles. The van der Waals surface area contributed by atoms with Crippen molar-refractivity contribution in [2.24, 2.45) is 0 Å². The highest BCUT2D eigenvalue weighted by Crippen LogP contribution is 2.23. The van der Waals surface area contributed by atoms with Gasteiger partial charge in [0.2, 0.25) is 5.91 Å². The van der Waals surface area contributed by atoms with Gasteiger partial charge < -0.3 is 14.6 Å². The fourth-order valence-electron chi connectivity index (χ4n) is 2.36. The summed E-state index contributed by atoms with van der Waals surface area (Å²) in [6.07, 6.45) is -0.0310. The molecule has 6 nitrogen and oxygen atoms in total. The number of anilines is 1. The minimum absolute atomic E-state index is 0.0310. The van der Waals surface area contributed by atoms with E-state index in [1.807, 2.05) is 0 Å². The molecule has 132 valence electrons. The van der Waals surface area contributed by atoms with Crippen LogP contribution in [0.4, 0.5) is 10.1 Å². The minimum Gasteiger partial charge on any atom is -0.465 e. The summed E-state index contributed by atoms with van der Waals surface area (Å²) in [6.45, 7) is 0. The molecule has 0 saturated heterocycles. The fraction of sp³-hybridized carbons (Fsp3) is 0.105. The molecule has 1 amide bonds. The Kier molecular flexibility index (Phi) is 5.07. The molecular formula is C19H15FN2O4. The highest BCUT2D eigenvalue weighted by atomic mass is 19.1. The lowest BCUT2D eigenvalue weighted by atomic mass is 10.1. The van der Waals surface area contributed by atoms with Crippen LogP contribution in [0.15, 0.2) is 59.1 Å². The number of carbonyl (C=O) groups excluding carboxylic acids is 2.